The standard InChI is InChI=1S/C17H24N4O3S/c1-13-4-3-7-21-15(11-19-17(13)21)10-18-16(22)5-8-20(2)14-6-9-25(23,24)12-14/h3-4,7,11,14H,5-6,8-10,12H2,1-2H3,(H,18,22). The monoisotopic (exact) mass is 364 g/mol. The van der Waals surface area contributed by atoms with Gasteiger partial charge in [0, 0.05) is 25.2 Å². The Labute approximate surface area is 148 Å². The van der Waals surface area contributed by atoms with Crippen molar-refractivity contribution in [3.63, 3.8) is 0 Å². The zero-order chi connectivity index (χ0) is 18.0. The number of sulfone groups is 1. The molecule has 0 radical (unpaired) electrons. The number of fused-ring (bicyclic) bond motifs is 1. The normalized spacial score (nSPS) is 19.6. The van der Waals surface area contributed by atoms with Gasteiger partial charge in [-0.1, -0.05) is 6.07 Å². The number of pyridine rings is 1. The van der Waals surface area contributed by atoms with E-state index >= 15 is 0 Å². The third kappa shape index (κ3) is 4.19. The topological polar surface area (TPSA) is 83.8 Å². The van der Waals surface area contributed by atoms with Crippen LogP contribution in [0.1, 0.15) is 24.1 Å². The number of nitrogens with zero attached hydrogens (tertiary/aromatic N) is 3. The van der Waals surface area contributed by atoms with Crippen molar-refractivity contribution in [1.82, 2.24) is 19.6 Å². The van der Waals surface area contributed by atoms with Gasteiger partial charge in [0.2, 0.25) is 5.91 Å². The Hall–Kier alpha value is -1.93. The van der Waals surface area contributed by atoms with Crippen LogP contribution in [0, 0.1) is 6.92 Å². The minimum absolute atomic E-state index is 0.0274. The molecule has 0 spiro atoms. The van der Waals surface area contributed by atoms with E-state index in [1.54, 1.807) is 6.20 Å². The zero-order valence-corrected chi connectivity index (χ0v) is 15.4. The van der Waals surface area contributed by atoms with Gasteiger partial charge in [-0.3, -0.25) is 4.79 Å². The molecule has 0 saturated carbocycles. The lowest BCUT2D eigenvalue weighted by Gasteiger charge is -2.22. The van der Waals surface area contributed by atoms with Crippen LogP contribution < -0.4 is 5.32 Å². The van der Waals surface area contributed by atoms with Crippen molar-refractivity contribution in [3.8, 4) is 0 Å². The number of aryl methyl sites for hydroxylation is 1. The molecule has 0 bridgehead atoms. The second kappa shape index (κ2) is 7.13. The quantitative estimate of drug-likeness (QED) is 0.818. The lowest BCUT2D eigenvalue weighted by Crippen LogP contribution is -2.36. The Morgan fingerprint density at radius 2 is 2.28 bits per heavy atom. The van der Waals surface area contributed by atoms with Crippen LogP contribution in [-0.2, 0) is 21.2 Å². The maximum Gasteiger partial charge on any atom is 0.221 e. The van der Waals surface area contributed by atoms with Crippen molar-refractivity contribution in [2.75, 3.05) is 25.1 Å². The van der Waals surface area contributed by atoms with Gasteiger partial charge in [0.15, 0.2) is 9.84 Å². The summed E-state index contributed by atoms with van der Waals surface area (Å²) in [4.78, 5) is 18.5. The summed E-state index contributed by atoms with van der Waals surface area (Å²) in [6, 6.07) is 3.99. The maximum atomic E-state index is 12.1. The highest BCUT2D eigenvalue weighted by atomic mass is 32.2. The van der Waals surface area contributed by atoms with Crippen molar-refractivity contribution in [3.05, 3.63) is 35.8 Å². The summed E-state index contributed by atoms with van der Waals surface area (Å²) in [5.41, 5.74) is 2.92. The summed E-state index contributed by atoms with van der Waals surface area (Å²) < 4.78 is 25.0. The summed E-state index contributed by atoms with van der Waals surface area (Å²) in [6.45, 7) is 2.98. The van der Waals surface area contributed by atoms with E-state index in [-0.39, 0.29) is 23.5 Å². The highest BCUT2D eigenvalue weighted by Gasteiger charge is 2.30. The van der Waals surface area contributed by atoms with Gasteiger partial charge in [-0.2, -0.15) is 0 Å². The number of carbonyl (C=O) groups excluding carboxylic acids is 1. The highest BCUT2D eigenvalue weighted by molar-refractivity contribution is 7.91. The first-order chi connectivity index (χ1) is 11.9. The van der Waals surface area contributed by atoms with E-state index in [9.17, 15) is 13.2 Å². The molecule has 1 N–H and O–H groups in total. The molecule has 7 nitrogen and oxygen atoms in total. The van der Waals surface area contributed by atoms with Gasteiger partial charge in [0.25, 0.3) is 0 Å². The molecule has 1 aliphatic heterocycles. The fourth-order valence-corrected chi connectivity index (χ4v) is 5.00. The van der Waals surface area contributed by atoms with Crippen LogP contribution in [-0.4, -0.2) is 59.7 Å². The van der Waals surface area contributed by atoms with Crippen LogP contribution in [0.5, 0.6) is 0 Å². The molecule has 1 saturated heterocycles. The minimum atomic E-state index is -2.90. The molecule has 0 aliphatic carbocycles. The number of amides is 1. The number of rotatable bonds is 6. The Kier molecular flexibility index (Phi) is 5.10. The summed E-state index contributed by atoms with van der Waals surface area (Å²) >= 11 is 0. The largest absolute Gasteiger partial charge is 0.350 e. The lowest BCUT2D eigenvalue weighted by atomic mass is 10.2. The van der Waals surface area contributed by atoms with Gasteiger partial charge in [0.1, 0.15) is 5.65 Å². The second-order valence-electron chi connectivity index (χ2n) is 6.70. The third-order valence-electron chi connectivity index (χ3n) is 4.80. The first-order valence-corrected chi connectivity index (χ1v) is 10.3. The van der Waals surface area contributed by atoms with Gasteiger partial charge < -0.3 is 14.6 Å². The molecule has 136 valence electrons. The molecular formula is C17H24N4O3S. The molecule has 2 aromatic heterocycles. The molecule has 3 heterocycles. The molecule has 1 aliphatic rings. The van der Waals surface area contributed by atoms with Crippen molar-refractivity contribution in [2.45, 2.75) is 32.4 Å². The Balaban J connectivity index is 1.49. The molecule has 3 rings (SSSR count). The Bertz CT molecular complexity index is 875. The first kappa shape index (κ1) is 17.9. The smallest absolute Gasteiger partial charge is 0.221 e. The average Bonchev–Trinajstić information content (AvgIpc) is 3.14. The molecule has 1 unspecified atom stereocenters. The van der Waals surface area contributed by atoms with E-state index in [1.165, 1.54) is 0 Å². The molecule has 2 aromatic rings. The van der Waals surface area contributed by atoms with Crippen LogP contribution in [0.2, 0.25) is 0 Å². The van der Waals surface area contributed by atoms with E-state index < -0.39 is 9.84 Å². The number of hydrogen-bond donors (Lipinski definition) is 1. The lowest BCUT2D eigenvalue weighted by molar-refractivity contribution is -0.121. The fourth-order valence-electron chi connectivity index (χ4n) is 3.19. The van der Waals surface area contributed by atoms with E-state index in [4.69, 9.17) is 0 Å². The molecule has 0 aromatic carbocycles. The molecule has 1 fully saturated rings. The average molecular weight is 364 g/mol. The van der Waals surface area contributed by atoms with Crippen molar-refractivity contribution >= 4 is 21.4 Å². The highest BCUT2D eigenvalue weighted by Crippen LogP contribution is 2.16. The van der Waals surface area contributed by atoms with Crippen LogP contribution in [0.15, 0.2) is 24.5 Å². The Morgan fingerprint density at radius 3 is 3.00 bits per heavy atom. The van der Waals surface area contributed by atoms with E-state index in [1.807, 2.05) is 41.6 Å². The number of carbonyl (C=O) groups is 1. The third-order valence-corrected chi connectivity index (χ3v) is 6.55. The Morgan fingerprint density at radius 1 is 1.48 bits per heavy atom. The number of nitrogens with one attached hydrogen (secondary N) is 1. The minimum Gasteiger partial charge on any atom is -0.350 e. The number of imidazole rings is 1. The molecule has 1 amide bonds. The van der Waals surface area contributed by atoms with E-state index in [2.05, 4.69) is 10.3 Å². The van der Waals surface area contributed by atoms with Crippen molar-refractivity contribution in [2.24, 2.45) is 0 Å². The second-order valence-corrected chi connectivity index (χ2v) is 8.93. The molecule has 1 atom stereocenters. The van der Waals surface area contributed by atoms with Crippen molar-refractivity contribution in [1.29, 1.82) is 0 Å². The van der Waals surface area contributed by atoms with Gasteiger partial charge in [0.05, 0.1) is 29.9 Å². The number of aromatic nitrogens is 2. The van der Waals surface area contributed by atoms with Gasteiger partial charge in [-0.25, -0.2) is 13.4 Å². The van der Waals surface area contributed by atoms with Crippen LogP contribution >= 0.6 is 0 Å². The van der Waals surface area contributed by atoms with Crippen LogP contribution in [0.3, 0.4) is 0 Å². The summed E-state index contributed by atoms with van der Waals surface area (Å²) in [7, 11) is -1.01. The van der Waals surface area contributed by atoms with E-state index in [0.29, 0.717) is 25.9 Å². The fraction of sp³-hybridized carbons (Fsp3) is 0.529. The summed E-state index contributed by atoms with van der Waals surface area (Å²) in [6.07, 6.45) is 4.72. The first-order valence-electron chi connectivity index (χ1n) is 8.44. The summed E-state index contributed by atoms with van der Waals surface area (Å²) in [5.74, 6) is 0.407. The maximum absolute atomic E-state index is 12.1. The summed E-state index contributed by atoms with van der Waals surface area (Å²) in [5, 5.41) is 2.91. The molecule has 25 heavy (non-hydrogen) atoms. The SMILES string of the molecule is Cc1cccn2c(CNC(=O)CCN(C)C3CCS(=O)(=O)C3)cnc12. The molecule has 8 heteroatoms. The molecular weight excluding hydrogens is 340 g/mol. The van der Waals surface area contributed by atoms with E-state index in [0.717, 1.165) is 16.9 Å². The van der Waals surface area contributed by atoms with Gasteiger partial charge in [-0.05, 0) is 32.0 Å². The van der Waals surface area contributed by atoms with Crippen molar-refractivity contribution < 1.29 is 13.2 Å². The predicted octanol–water partition coefficient (Wildman–Crippen LogP) is 0.768. The zero-order valence-electron chi connectivity index (χ0n) is 14.6. The number of hydrogen-bond acceptors (Lipinski definition) is 5. The van der Waals surface area contributed by atoms with Gasteiger partial charge in [-0.15, -0.1) is 0 Å². The van der Waals surface area contributed by atoms with Crippen LogP contribution in [0.25, 0.3) is 5.65 Å². The predicted molar refractivity (Wildman–Crippen MR) is 96.1 cm³/mol. The van der Waals surface area contributed by atoms with Gasteiger partial charge >= 0.3 is 0 Å². The van der Waals surface area contributed by atoms with Crippen LogP contribution in [0.4, 0.5) is 0 Å².